The highest BCUT2D eigenvalue weighted by Gasteiger charge is 2.06. The van der Waals surface area contributed by atoms with E-state index in [0.29, 0.717) is 15.7 Å². The minimum Gasteiger partial charge on any atom is -0.268 e. The largest absolute Gasteiger partial charge is 0.268 e. The summed E-state index contributed by atoms with van der Waals surface area (Å²) in [6.45, 7) is 1.82. The van der Waals surface area contributed by atoms with E-state index >= 15 is 0 Å². The lowest BCUT2D eigenvalue weighted by atomic mass is 10.1. The van der Waals surface area contributed by atoms with Gasteiger partial charge in [0.2, 0.25) is 0 Å². The molecule has 1 heterocycles. The zero-order valence-corrected chi connectivity index (χ0v) is 9.93. The molecule has 0 amide bonds. The SMILES string of the molecule is Cc1cc(=O)[nH]nc1-c1ccc(Cl)c(Cl)c1. The Morgan fingerprint density at radius 3 is 2.56 bits per heavy atom. The van der Waals surface area contributed by atoms with Crippen molar-refractivity contribution in [2.75, 3.05) is 0 Å². The standard InChI is InChI=1S/C11H8Cl2N2O/c1-6-4-10(16)14-15-11(6)7-2-3-8(12)9(13)5-7/h2-5H,1H3,(H,14,16). The molecule has 5 heteroatoms. The molecule has 3 nitrogen and oxygen atoms in total. The second-order valence-corrected chi connectivity index (χ2v) is 4.21. The number of aromatic amines is 1. The molecule has 2 rings (SSSR count). The van der Waals surface area contributed by atoms with Gasteiger partial charge in [-0.25, -0.2) is 5.10 Å². The van der Waals surface area contributed by atoms with Gasteiger partial charge in [-0.1, -0.05) is 29.3 Å². The summed E-state index contributed by atoms with van der Waals surface area (Å²) < 4.78 is 0. The van der Waals surface area contributed by atoms with Gasteiger partial charge in [0, 0.05) is 11.6 Å². The van der Waals surface area contributed by atoms with Gasteiger partial charge in [-0.15, -0.1) is 0 Å². The molecule has 0 atom stereocenters. The Morgan fingerprint density at radius 1 is 1.19 bits per heavy atom. The number of hydrogen-bond acceptors (Lipinski definition) is 2. The van der Waals surface area contributed by atoms with Crippen molar-refractivity contribution in [3.63, 3.8) is 0 Å². The molecular formula is C11H8Cl2N2O. The number of aryl methyl sites for hydroxylation is 1. The van der Waals surface area contributed by atoms with Crippen molar-refractivity contribution < 1.29 is 0 Å². The van der Waals surface area contributed by atoms with E-state index in [4.69, 9.17) is 23.2 Å². The van der Waals surface area contributed by atoms with Gasteiger partial charge in [-0.05, 0) is 24.6 Å². The Hall–Kier alpha value is -1.32. The number of nitrogens with zero attached hydrogens (tertiary/aromatic N) is 1. The van der Waals surface area contributed by atoms with E-state index < -0.39 is 0 Å². The molecule has 1 aromatic heterocycles. The molecular weight excluding hydrogens is 247 g/mol. The predicted octanol–water partition coefficient (Wildman–Crippen LogP) is 3.05. The zero-order valence-electron chi connectivity index (χ0n) is 8.42. The van der Waals surface area contributed by atoms with Crippen LogP contribution in [0.25, 0.3) is 11.3 Å². The highest BCUT2D eigenvalue weighted by atomic mass is 35.5. The second-order valence-electron chi connectivity index (χ2n) is 3.39. The third kappa shape index (κ3) is 2.10. The van der Waals surface area contributed by atoms with E-state index in [9.17, 15) is 4.79 Å². The maximum Gasteiger partial charge on any atom is 0.264 e. The summed E-state index contributed by atoms with van der Waals surface area (Å²) in [5.41, 5.74) is 2.09. The van der Waals surface area contributed by atoms with Gasteiger partial charge < -0.3 is 0 Å². The first-order valence-corrected chi connectivity index (χ1v) is 5.35. The lowest BCUT2D eigenvalue weighted by molar-refractivity contribution is 0.981. The van der Waals surface area contributed by atoms with Crippen molar-refractivity contribution in [3.05, 3.63) is 50.2 Å². The molecule has 1 aromatic carbocycles. The lowest BCUT2D eigenvalue weighted by Crippen LogP contribution is -2.08. The molecule has 0 radical (unpaired) electrons. The van der Waals surface area contributed by atoms with E-state index in [0.717, 1.165) is 11.1 Å². The number of hydrogen-bond donors (Lipinski definition) is 1. The van der Waals surface area contributed by atoms with Crippen LogP contribution in [0.4, 0.5) is 0 Å². The average molecular weight is 255 g/mol. The summed E-state index contributed by atoms with van der Waals surface area (Å²) in [5.74, 6) is 0. The van der Waals surface area contributed by atoms with Gasteiger partial charge in [0.25, 0.3) is 5.56 Å². The number of H-pyrrole nitrogens is 1. The van der Waals surface area contributed by atoms with Gasteiger partial charge in [-0.2, -0.15) is 5.10 Å². The fourth-order valence-corrected chi connectivity index (χ4v) is 1.73. The number of benzene rings is 1. The second kappa shape index (κ2) is 4.28. The summed E-state index contributed by atoms with van der Waals surface area (Å²) in [4.78, 5) is 11.0. The third-order valence-electron chi connectivity index (χ3n) is 2.19. The van der Waals surface area contributed by atoms with E-state index in [-0.39, 0.29) is 5.56 Å². The summed E-state index contributed by atoms with van der Waals surface area (Å²) >= 11 is 11.7. The summed E-state index contributed by atoms with van der Waals surface area (Å²) in [6.07, 6.45) is 0. The molecule has 0 saturated heterocycles. The number of nitrogens with one attached hydrogen (secondary N) is 1. The van der Waals surface area contributed by atoms with Crippen LogP contribution in [0, 0.1) is 6.92 Å². The Balaban J connectivity index is 2.59. The fraction of sp³-hybridized carbons (Fsp3) is 0.0909. The van der Waals surface area contributed by atoms with Gasteiger partial charge >= 0.3 is 0 Å². The van der Waals surface area contributed by atoms with Crippen molar-refractivity contribution in [1.82, 2.24) is 10.2 Å². The zero-order chi connectivity index (χ0) is 11.7. The van der Waals surface area contributed by atoms with Crippen LogP contribution in [-0.4, -0.2) is 10.2 Å². The molecule has 82 valence electrons. The van der Waals surface area contributed by atoms with Crippen molar-refractivity contribution in [2.45, 2.75) is 6.92 Å². The predicted molar refractivity (Wildman–Crippen MR) is 65.1 cm³/mol. The normalized spacial score (nSPS) is 10.4. The molecule has 16 heavy (non-hydrogen) atoms. The first-order valence-electron chi connectivity index (χ1n) is 4.59. The first-order chi connectivity index (χ1) is 7.58. The van der Waals surface area contributed by atoms with Gasteiger partial charge in [-0.3, -0.25) is 4.79 Å². The molecule has 1 N–H and O–H groups in total. The quantitative estimate of drug-likeness (QED) is 0.851. The van der Waals surface area contributed by atoms with Crippen molar-refractivity contribution in [2.24, 2.45) is 0 Å². The van der Waals surface area contributed by atoms with Crippen molar-refractivity contribution >= 4 is 23.2 Å². The average Bonchev–Trinajstić information content (AvgIpc) is 2.22. The lowest BCUT2D eigenvalue weighted by Gasteiger charge is -2.04. The van der Waals surface area contributed by atoms with E-state index in [2.05, 4.69) is 10.2 Å². The Labute approximate surface area is 102 Å². The van der Waals surface area contributed by atoms with E-state index in [1.165, 1.54) is 6.07 Å². The number of halogens is 2. The fourth-order valence-electron chi connectivity index (χ4n) is 1.43. The number of rotatable bonds is 1. The Bertz CT molecular complexity index is 593. The first kappa shape index (κ1) is 11.2. The molecule has 0 spiro atoms. The maximum atomic E-state index is 11.0. The number of aromatic nitrogens is 2. The topological polar surface area (TPSA) is 45.8 Å². The van der Waals surface area contributed by atoms with Crippen LogP contribution in [0.15, 0.2) is 29.1 Å². The Kier molecular flexibility index (Phi) is 2.99. The van der Waals surface area contributed by atoms with E-state index in [1.807, 2.05) is 13.0 Å². The van der Waals surface area contributed by atoms with Crippen LogP contribution >= 0.6 is 23.2 Å². The smallest absolute Gasteiger partial charge is 0.264 e. The van der Waals surface area contributed by atoms with Crippen LogP contribution < -0.4 is 5.56 Å². The molecule has 0 fully saturated rings. The minimum atomic E-state index is -0.221. The summed E-state index contributed by atoms with van der Waals surface area (Å²) in [7, 11) is 0. The molecule has 0 saturated carbocycles. The molecule has 0 bridgehead atoms. The highest BCUT2D eigenvalue weighted by Crippen LogP contribution is 2.28. The van der Waals surface area contributed by atoms with Gasteiger partial charge in [0.05, 0.1) is 15.7 Å². The van der Waals surface area contributed by atoms with Gasteiger partial charge in [0.1, 0.15) is 0 Å². The molecule has 0 unspecified atom stereocenters. The highest BCUT2D eigenvalue weighted by molar-refractivity contribution is 6.42. The monoisotopic (exact) mass is 254 g/mol. The molecule has 0 aliphatic heterocycles. The Morgan fingerprint density at radius 2 is 1.94 bits per heavy atom. The van der Waals surface area contributed by atoms with Crippen LogP contribution in [0.2, 0.25) is 10.0 Å². The van der Waals surface area contributed by atoms with E-state index in [1.54, 1.807) is 12.1 Å². The van der Waals surface area contributed by atoms with Crippen LogP contribution in [0.1, 0.15) is 5.56 Å². The van der Waals surface area contributed by atoms with Crippen LogP contribution in [-0.2, 0) is 0 Å². The summed E-state index contributed by atoms with van der Waals surface area (Å²) in [6, 6.07) is 6.72. The third-order valence-corrected chi connectivity index (χ3v) is 2.93. The van der Waals surface area contributed by atoms with Crippen LogP contribution in [0.5, 0.6) is 0 Å². The maximum absolute atomic E-state index is 11.0. The molecule has 0 aliphatic rings. The van der Waals surface area contributed by atoms with Crippen molar-refractivity contribution in [1.29, 1.82) is 0 Å². The molecule has 2 aromatic rings. The minimum absolute atomic E-state index is 0.221. The van der Waals surface area contributed by atoms with Crippen molar-refractivity contribution in [3.8, 4) is 11.3 Å². The summed E-state index contributed by atoms with van der Waals surface area (Å²) in [5, 5.41) is 7.33. The van der Waals surface area contributed by atoms with Crippen LogP contribution in [0.3, 0.4) is 0 Å². The molecule has 0 aliphatic carbocycles. The van der Waals surface area contributed by atoms with Gasteiger partial charge in [0.15, 0.2) is 0 Å².